The van der Waals surface area contributed by atoms with Gasteiger partial charge in [-0.1, -0.05) is 12.1 Å². The number of carbonyl (C=O) groups excluding carboxylic acids is 2. The Kier molecular flexibility index (Phi) is 5.23. The first-order valence-corrected chi connectivity index (χ1v) is 7.07. The summed E-state index contributed by atoms with van der Waals surface area (Å²) in [5.74, 6) is -5.87. The first-order chi connectivity index (χ1) is 11.3. The second-order valence-corrected chi connectivity index (χ2v) is 5.22. The number of nitrogens with zero attached hydrogens (tertiary/aromatic N) is 1. The number of carbonyl (C=O) groups is 2. The zero-order chi connectivity index (χ0) is 17.9. The topological polar surface area (TPSA) is 49.4 Å². The maximum atomic E-state index is 13.9. The van der Waals surface area contributed by atoms with Crippen molar-refractivity contribution in [2.24, 2.45) is 0 Å². The Bertz CT molecular complexity index is 793. The van der Waals surface area contributed by atoms with E-state index in [0.29, 0.717) is 11.8 Å². The summed E-state index contributed by atoms with van der Waals surface area (Å²) in [6.45, 7) is 2.40. The Morgan fingerprint density at radius 3 is 2.42 bits per heavy atom. The van der Waals surface area contributed by atoms with Gasteiger partial charge in [0.1, 0.15) is 6.54 Å². The van der Waals surface area contributed by atoms with Crippen LogP contribution in [0.5, 0.6) is 0 Å². The third kappa shape index (κ3) is 3.92. The van der Waals surface area contributed by atoms with E-state index in [1.807, 2.05) is 13.0 Å². The molecular formula is C17H15F3N2O2. The number of amides is 2. The molecule has 0 aliphatic heterocycles. The number of benzene rings is 2. The summed E-state index contributed by atoms with van der Waals surface area (Å²) in [5.41, 5.74) is 0.929. The molecule has 2 aromatic rings. The number of nitrogens with one attached hydrogen (secondary N) is 1. The highest BCUT2D eigenvalue weighted by atomic mass is 19.2. The average Bonchev–Trinajstić information content (AvgIpc) is 2.51. The van der Waals surface area contributed by atoms with Gasteiger partial charge in [-0.05, 0) is 36.8 Å². The molecule has 7 heteroatoms. The van der Waals surface area contributed by atoms with Gasteiger partial charge in [-0.2, -0.15) is 0 Å². The van der Waals surface area contributed by atoms with Crippen molar-refractivity contribution in [3.63, 3.8) is 0 Å². The SMILES string of the molecule is CC(=O)N(CC(=O)Nc1cccc(C)c1)c1ccc(F)c(F)c1F. The third-order valence-corrected chi connectivity index (χ3v) is 3.29. The molecule has 0 saturated heterocycles. The van der Waals surface area contributed by atoms with Gasteiger partial charge < -0.3 is 10.2 Å². The van der Waals surface area contributed by atoms with Crippen LogP contribution in [-0.2, 0) is 9.59 Å². The molecule has 0 spiro atoms. The van der Waals surface area contributed by atoms with Crippen molar-refractivity contribution in [2.75, 3.05) is 16.8 Å². The molecule has 0 saturated carbocycles. The molecule has 0 aromatic heterocycles. The molecule has 2 aromatic carbocycles. The number of hydrogen-bond acceptors (Lipinski definition) is 2. The fourth-order valence-corrected chi connectivity index (χ4v) is 2.16. The molecule has 2 amide bonds. The molecule has 24 heavy (non-hydrogen) atoms. The highest BCUT2D eigenvalue weighted by molar-refractivity contribution is 6.01. The van der Waals surface area contributed by atoms with Gasteiger partial charge in [0.15, 0.2) is 17.5 Å². The lowest BCUT2D eigenvalue weighted by molar-refractivity contribution is -0.120. The summed E-state index contributed by atoms with van der Waals surface area (Å²) in [4.78, 5) is 24.5. The molecule has 0 bridgehead atoms. The smallest absolute Gasteiger partial charge is 0.244 e. The van der Waals surface area contributed by atoms with Crippen molar-refractivity contribution in [1.82, 2.24) is 0 Å². The van der Waals surface area contributed by atoms with Crippen molar-refractivity contribution in [2.45, 2.75) is 13.8 Å². The van der Waals surface area contributed by atoms with Crippen molar-refractivity contribution in [1.29, 1.82) is 0 Å². The molecule has 4 nitrogen and oxygen atoms in total. The molecule has 2 rings (SSSR count). The monoisotopic (exact) mass is 336 g/mol. The summed E-state index contributed by atoms with van der Waals surface area (Å²) in [6, 6.07) is 8.56. The standard InChI is InChI=1S/C17H15F3N2O2/c1-10-4-3-5-12(8-10)21-15(24)9-22(11(2)23)14-7-6-13(18)16(19)17(14)20/h3-8H,9H2,1-2H3,(H,21,24). The van der Waals surface area contributed by atoms with E-state index in [1.165, 1.54) is 0 Å². The molecule has 0 aliphatic rings. The predicted octanol–water partition coefficient (Wildman–Crippen LogP) is 3.40. The highest BCUT2D eigenvalue weighted by Gasteiger charge is 2.23. The molecule has 0 aliphatic carbocycles. The molecule has 126 valence electrons. The molecular weight excluding hydrogens is 321 g/mol. The predicted molar refractivity (Wildman–Crippen MR) is 84.2 cm³/mol. The first kappa shape index (κ1) is 17.5. The second kappa shape index (κ2) is 7.16. The fraction of sp³-hybridized carbons (Fsp3) is 0.176. The lowest BCUT2D eigenvalue weighted by Crippen LogP contribution is -2.37. The first-order valence-electron chi connectivity index (χ1n) is 7.07. The molecule has 0 fully saturated rings. The van der Waals surface area contributed by atoms with E-state index >= 15 is 0 Å². The maximum Gasteiger partial charge on any atom is 0.244 e. The second-order valence-electron chi connectivity index (χ2n) is 5.22. The average molecular weight is 336 g/mol. The van der Waals surface area contributed by atoms with Gasteiger partial charge in [0.2, 0.25) is 11.8 Å². The van der Waals surface area contributed by atoms with E-state index in [-0.39, 0.29) is 0 Å². The molecule has 0 radical (unpaired) electrons. The van der Waals surface area contributed by atoms with Gasteiger partial charge in [0, 0.05) is 12.6 Å². The number of anilines is 2. The Labute approximate surface area is 136 Å². The van der Waals surface area contributed by atoms with Crippen molar-refractivity contribution >= 4 is 23.2 Å². The van der Waals surface area contributed by atoms with Gasteiger partial charge in [0.25, 0.3) is 0 Å². The van der Waals surface area contributed by atoms with E-state index in [2.05, 4.69) is 5.32 Å². The van der Waals surface area contributed by atoms with Crippen molar-refractivity contribution in [3.8, 4) is 0 Å². The van der Waals surface area contributed by atoms with Crippen LogP contribution < -0.4 is 10.2 Å². The molecule has 0 heterocycles. The van der Waals surface area contributed by atoms with Crippen LogP contribution >= 0.6 is 0 Å². The molecule has 0 atom stereocenters. The lowest BCUT2D eigenvalue weighted by Gasteiger charge is -2.21. The molecule has 0 unspecified atom stereocenters. The number of aryl methyl sites for hydroxylation is 1. The Balaban J connectivity index is 2.22. The maximum absolute atomic E-state index is 13.9. The number of halogens is 3. The zero-order valence-electron chi connectivity index (χ0n) is 13.1. The van der Waals surface area contributed by atoms with Crippen LogP contribution in [0.3, 0.4) is 0 Å². The summed E-state index contributed by atoms with van der Waals surface area (Å²) in [7, 11) is 0. The minimum atomic E-state index is -1.70. The minimum absolute atomic E-state index is 0.499. The van der Waals surface area contributed by atoms with Gasteiger partial charge in [0.05, 0.1) is 5.69 Å². The summed E-state index contributed by atoms with van der Waals surface area (Å²) < 4.78 is 40.2. The summed E-state index contributed by atoms with van der Waals surface area (Å²) in [6.07, 6.45) is 0. The lowest BCUT2D eigenvalue weighted by atomic mass is 10.2. The largest absolute Gasteiger partial charge is 0.325 e. The summed E-state index contributed by atoms with van der Waals surface area (Å²) >= 11 is 0. The van der Waals surface area contributed by atoms with Gasteiger partial charge in [-0.15, -0.1) is 0 Å². The van der Waals surface area contributed by atoms with E-state index in [9.17, 15) is 22.8 Å². The van der Waals surface area contributed by atoms with Crippen molar-refractivity contribution < 1.29 is 22.8 Å². The van der Waals surface area contributed by atoms with Crippen LogP contribution in [0.2, 0.25) is 0 Å². The van der Waals surface area contributed by atoms with Gasteiger partial charge in [-0.3, -0.25) is 9.59 Å². The minimum Gasteiger partial charge on any atom is -0.325 e. The van der Waals surface area contributed by atoms with Crippen LogP contribution in [0.25, 0.3) is 0 Å². The zero-order valence-corrected chi connectivity index (χ0v) is 13.1. The quantitative estimate of drug-likeness (QED) is 0.870. The Morgan fingerprint density at radius 1 is 1.08 bits per heavy atom. The third-order valence-electron chi connectivity index (χ3n) is 3.29. The van der Waals surface area contributed by atoms with Gasteiger partial charge in [-0.25, -0.2) is 13.2 Å². The summed E-state index contributed by atoms with van der Waals surface area (Å²) in [5, 5.41) is 2.56. The van der Waals surface area contributed by atoms with Crippen LogP contribution in [0.1, 0.15) is 12.5 Å². The number of hydrogen-bond donors (Lipinski definition) is 1. The van der Waals surface area contributed by atoms with Crippen LogP contribution in [0, 0.1) is 24.4 Å². The highest BCUT2D eigenvalue weighted by Crippen LogP contribution is 2.24. The number of rotatable bonds is 4. The van der Waals surface area contributed by atoms with Gasteiger partial charge >= 0.3 is 0 Å². The Morgan fingerprint density at radius 2 is 1.79 bits per heavy atom. The van der Waals surface area contributed by atoms with Crippen molar-refractivity contribution in [3.05, 3.63) is 59.4 Å². The van der Waals surface area contributed by atoms with E-state index in [1.54, 1.807) is 18.2 Å². The normalized spacial score (nSPS) is 10.4. The van der Waals surface area contributed by atoms with E-state index < -0.39 is 41.5 Å². The van der Waals surface area contributed by atoms with E-state index in [0.717, 1.165) is 23.5 Å². The van der Waals surface area contributed by atoms with E-state index in [4.69, 9.17) is 0 Å². The fourth-order valence-electron chi connectivity index (χ4n) is 2.16. The van der Waals surface area contributed by atoms with Crippen LogP contribution in [0.15, 0.2) is 36.4 Å². The van der Waals surface area contributed by atoms with Crippen LogP contribution in [-0.4, -0.2) is 18.4 Å². The molecule has 1 N–H and O–H groups in total. The van der Waals surface area contributed by atoms with Crippen LogP contribution in [0.4, 0.5) is 24.5 Å². The Hall–Kier alpha value is -2.83.